The second-order valence-electron chi connectivity index (χ2n) is 10.6. The molecule has 0 aromatic heterocycles. The number of carbonyl (C=O) groups excluding carboxylic acids is 1. The van der Waals surface area contributed by atoms with Crippen LogP contribution in [0, 0.1) is 11.6 Å². The Balaban J connectivity index is 1.91. The lowest BCUT2D eigenvalue weighted by atomic mass is 9.99. The van der Waals surface area contributed by atoms with Crippen molar-refractivity contribution >= 4 is 27.3 Å². The summed E-state index contributed by atoms with van der Waals surface area (Å²) >= 11 is 0. The number of methoxy groups -OCH3 is 1. The maximum atomic E-state index is 14.0. The number of hydrogen-bond donors (Lipinski definition) is 3. The fourth-order valence-corrected chi connectivity index (χ4v) is 4.91. The van der Waals surface area contributed by atoms with Crippen LogP contribution in [0.1, 0.15) is 47.3 Å². The highest BCUT2D eigenvalue weighted by Crippen LogP contribution is 2.22. The van der Waals surface area contributed by atoms with Gasteiger partial charge in [0.05, 0.1) is 36.9 Å². The summed E-state index contributed by atoms with van der Waals surface area (Å²) in [6.45, 7) is 4.37. The Morgan fingerprint density at radius 3 is 2.38 bits per heavy atom. The number of sulfonamides is 1. The number of carbonyl (C=O) groups is 1. The fraction of sp³-hybridized carbons (Fsp3) is 0.375. The van der Waals surface area contributed by atoms with Crippen LogP contribution in [0.25, 0.3) is 0 Å². The average molecular weight is 647 g/mol. The number of nitrogens with one attached hydrogen (secondary N) is 2. The van der Waals surface area contributed by atoms with Crippen LogP contribution in [0.3, 0.4) is 0 Å². The molecular weight excluding hydrogens is 606 g/mol. The van der Waals surface area contributed by atoms with Crippen LogP contribution in [-0.4, -0.2) is 70.9 Å². The van der Waals surface area contributed by atoms with Gasteiger partial charge in [0.25, 0.3) is 5.91 Å². The van der Waals surface area contributed by atoms with E-state index in [2.05, 4.69) is 15.8 Å². The highest BCUT2D eigenvalue weighted by Gasteiger charge is 2.25. The number of rotatable bonds is 16. The van der Waals surface area contributed by atoms with Crippen LogP contribution >= 0.6 is 0 Å². The van der Waals surface area contributed by atoms with Crippen LogP contribution in [-0.2, 0) is 27.8 Å². The average Bonchev–Trinajstić information content (AvgIpc) is 2.99. The molecule has 3 rings (SSSR count). The highest BCUT2D eigenvalue weighted by molar-refractivity contribution is 7.92. The first kappa shape index (κ1) is 35.4. The minimum absolute atomic E-state index is 0.0304. The maximum absolute atomic E-state index is 14.0. The quantitative estimate of drug-likeness (QED) is 0.122. The molecule has 0 heterocycles. The largest absolute Gasteiger partial charge is 0.497 e. The van der Waals surface area contributed by atoms with Gasteiger partial charge < -0.3 is 25.3 Å². The summed E-state index contributed by atoms with van der Waals surface area (Å²) in [5.41, 5.74) is 2.26. The molecule has 0 aliphatic heterocycles. The normalized spacial score (nSPS) is 13.2. The minimum atomic E-state index is -3.68. The van der Waals surface area contributed by atoms with E-state index in [1.807, 2.05) is 31.2 Å². The van der Waals surface area contributed by atoms with Gasteiger partial charge in [0.1, 0.15) is 24.0 Å². The number of hydrogen-bond acceptors (Lipinski definition) is 8. The lowest BCUT2D eigenvalue weighted by Gasteiger charge is -2.26. The summed E-state index contributed by atoms with van der Waals surface area (Å²) in [5.74, 6) is -1.55. The number of nitrogens with zero attached hydrogens (tertiary/aromatic N) is 2. The molecule has 244 valence electrons. The Bertz CT molecular complexity index is 1580. The molecule has 0 saturated carbocycles. The predicted molar refractivity (Wildman–Crippen MR) is 170 cm³/mol. The van der Waals surface area contributed by atoms with Gasteiger partial charge in [0, 0.05) is 37.3 Å². The Morgan fingerprint density at radius 2 is 1.73 bits per heavy atom. The molecule has 0 spiro atoms. The molecule has 0 radical (unpaired) electrons. The number of amides is 1. The molecule has 3 aromatic carbocycles. The van der Waals surface area contributed by atoms with Crippen molar-refractivity contribution in [2.24, 2.45) is 5.16 Å². The molecule has 1 amide bonds. The molecule has 0 bridgehead atoms. The van der Waals surface area contributed by atoms with Crippen molar-refractivity contribution in [3.8, 4) is 5.75 Å². The third-order valence-electron chi connectivity index (χ3n) is 6.93. The second kappa shape index (κ2) is 16.3. The topological polar surface area (TPSA) is 130 Å². The van der Waals surface area contributed by atoms with E-state index in [1.54, 1.807) is 20.1 Å². The number of anilines is 1. The van der Waals surface area contributed by atoms with E-state index < -0.39 is 39.7 Å². The second-order valence-corrected chi connectivity index (χ2v) is 12.6. The zero-order chi connectivity index (χ0) is 33.1. The van der Waals surface area contributed by atoms with E-state index in [-0.39, 0.29) is 29.8 Å². The first-order valence-corrected chi connectivity index (χ1v) is 16.2. The number of benzene rings is 3. The van der Waals surface area contributed by atoms with E-state index in [0.717, 1.165) is 40.7 Å². The van der Waals surface area contributed by atoms with Crippen molar-refractivity contribution < 1.29 is 36.7 Å². The number of ether oxygens (including phenoxy) is 1. The Kier molecular flexibility index (Phi) is 12.8. The van der Waals surface area contributed by atoms with Gasteiger partial charge in [-0.05, 0) is 73.4 Å². The van der Waals surface area contributed by atoms with Gasteiger partial charge in [-0.1, -0.05) is 24.2 Å². The van der Waals surface area contributed by atoms with Crippen molar-refractivity contribution in [3.05, 3.63) is 94.6 Å². The summed E-state index contributed by atoms with van der Waals surface area (Å²) < 4.78 is 59.0. The molecule has 10 nitrogen and oxygen atoms in total. The Labute approximate surface area is 263 Å². The van der Waals surface area contributed by atoms with Crippen LogP contribution in [0.15, 0.2) is 65.8 Å². The summed E-state index contributed by atoms with van der Waals surface area (Å²) in [6, 6.07) is 13.9. The monoisotopic (exact) mass is 646 g/mol. The summed E-state index contributed by atoms with van der Waals surface area (Å²) in [6.07, 6.45) is 0.490. The van der Waals surface area contributed by atoms with E-state index in [1.165, 1.54) is 19.2 Å². The van der Waals surface area contributed by atoms with E-state index in [4.69, 9.17) is 9.57 Å². The molecule has 0 saturated heterocycles. The molecular formula is C32H40F2N4O6S. The van der Waals surface area contributed by atoms with Crippen molar-refractivity contribution in [2.45, 2.75) is 45.4 Å². The van der Waals surface area contributed by atoms with Gasteiger partial charge in [0.2, 0.25) is 10.0 Å². The first-order valence-electron chi connectivity index (χ1n) is 14.3. The van der Waals surface area contributed by atoms with Crippen LogP contribution < -0.4 is 19.7 Å². The molecule has 3 aromatic rings. The van der Waals surface area contributed by atoms with Gasteiger partial charge >= 0.3 is 0 Å². The summed E-state index contributed by atoms with van der Waals surface area (Å²) in [4.78, 5) is 18.9. The molecule has 0 aliphatic carbocycles. The van der Waals surface area contributed by atoms with Gasteiger partial charge in [-0.3, -0.25) is 9.10 Å². The number of oxime groups is 1. The first-order chi connectivity index (χ1) is 21.3. The van der Waals surface area contributed by atoms with E-state index >= 15 is 0 Å². The molecule has 0 aliphatic rings. The van der Waals surface area contributed by atoms with E-state index in [9.17, 15) is 27.1 Å². The summed E-state index contributed by atoms with van der Waals surface area (Å²) in [5, 5.41) is 21.2. The highest BCUT2D eigenvalue weighted by atomic mass is 32.2. The maximum Gasteiger partial charge on any atom is 0.251 e. The molecule has 0 unspecified atom stereocenters. The van der Waals surface area contributed by atoms with E-state index in [0.29, 0.717) is 30.2 Å². The van der Waals surface area contributed by atoms with Gasteiger partial charge in [0.15, 0.2) is 0 Å². The zero-order valence-corrected chi connectivity index (χ0v) is 26.8. The third-order valence-corrected chi connectivity index (χ3v) is 8.14. The Morgan fingerprint density at radius 1 is 1.04 bits per heavy atom. The number of aliphatic hydroxyl groups excluding tert-OH is 1. The fourth-order valence-electron chi connectivity index (χ4n) is 4.42. The standard InChI is InChI=1S/C32H40F2N4O6S/c1-6-10-44-37-21(2)24-15-25(17-28(16-24)38(3)45(5,41)42)32(40)36-30(14-23-11-26(33)18-27(34)12-23)31(39)20-35-19-22-8-7-9-29(13-22)43-4/h7-9,11-13,15-18,30-31,35,39H,6,10,14,19-20H2,1-5H3,(H,36,40)/b37-21-/t30-,31+/m0/s1. The lowest BCUT2D eigenvalue weighted by Crippen LogP contribution is -2.48. The van der Waals surface area contributed by atoms with Gasteiger partial charge in [-0.25, -0.2) is 17.2 Å². The molecule has 2 atom stereocenters. The summed E-state index contributed by atoms with van der Waals surface area (Å²) in [7, 11) is -0.764. The molecule has 3 N–H and O–H groups in total. The van der Waals surface area contributed by atoms with Crippen LogP contribution in [0.5, 0.6) is 5.75 Å². The van der Waals surface area contributed by atoms with Crippen molar-refractivity contribution in [2.75, 3.05) is 37.9 Å². The minimum Gasteiger partial charge on any atom is -0.497 e. The third kappa shape index (κ3) is 10.8. The Hall–Kier alpha value is -4.07. The molecule has 45 heavy (non-hydrogen) atoms. The number of halogens is 2. The predicted octanol–water partition coefficient (Wildman–Crippen LogP) is 4.01. The van der Waals surface area contributed by atoms with Crippen LogP contribution in [0.2, 0.25) is 0 Å². The van der Waals surface area contributed by atoms with Crippen LogP contribution in [0.4, 0.5) is 14.5 Å². The SMILES string of the molecule is CCCO/N=C(/C)c1cc(C(=O)N[C@@H](Cc2cc(F)cc(F)c2)[C@H](O)CNCc2cccc(OC)c2)cc(N(C)S(C)(=O)=O)c1. The van der Waals surface area contributed by atoms with Crippen molar-refractivity contribution in [1.82, 2.24) is 10.6 Å². The smallest absolute Gasteiger partial charge is 0.251 e. The molecule has 0 fully saturated rings. The van der Waals surface area contributed by atoms with Gasteiger partial charge in [-0.15, -0.1) is 0 Å². The lowest BCUT2D eigenvalue weighted by molar-refractivity contribution is 0.0830. The van der Waals surface area contributed by atoms with Crippen molar-refractivity contribution in [1.29, 1.82) is 0 Å². The molecule has 13 heteroatoms. The number of aliphatic hydroxyl groups is 1. The van der Waals surface area contributed by atoms with Gasteiger partial charge in [-0.2, -0.15) is 0 Å². The van der Waals surface area contributed by atoms with Crippen molar-refractivity contribution in [3.63, 3.8) is 0 Å². The zero-order valence-electron chi connectivity index (χ0n) is 26.0.